The summed E-state index contributed by atoms with van der Waals surface area (Å²) in [6, 6.07) is 8.31. The molecule has 0 aliphatic heterocycles. The van der Waals surface area contributed by atoms with Crippen molar-refractivity contribution in [2.24, 2.45) is 0 Å². The second kappa shape index (κ2) is 14.5. The van der Waals surface area contributed by atoms with Gasteiger partial charge in [0.05, 0.1) is 31.3 Å². The summed E-state index contributed by atoms with van der Waals surface area (Å²) in [5.41, 5.74) is 2.21. The molecule has 3 aromatic rings. The molecule has 44 heavy (non-hydrogen) atoms. The van der Waals surface area contributed by atoms with Gasteiger partial charge in [0.15, 0.2) is 0 Å². The van der Waals surface area contributed by atoms with Crippen LogP contribution in [0.1, 0.15) is 12.8 Å². The third kappa shape index (κ3) is 7.81. The van der Waals surface area contributed by atoms with Crippen molar-refractivity contribution >= 4 is 69.5 Å². The van der Waals surface area contributed by atoms with Crippen molar-refractivity contribution < 1.29 is 19.1 Å². The number of nitrogens with one attached hydrogen (secondary N) is 3. The number of ether oxygens (including phenoxy) is 2. The van der Waals surface area contributed by atoms with Crippen LogP contribution in [0.4, 0.5) is 39.2 Å². The molecular formula is C30H36Cl2N8O4. The highest BCUT2D eigenvalue weighted by Crippen LogP contribution is 2.44. The summed E-state index contributed by atoms with van der Waals surface area (Å²) in [5, 5.41) is 9.19. The van der Waals surface area contributed by atoms with Crippen molar-refractivity contribution in [1.82, 2.24) is 14.9 Å². The van der Waals surface area contributed by atoms with Crippen molar-refractivity contribution in [3.05, 3.63) is 59.4 Å². The Bertz CT molecular complexity index is 1500. The molecule has 0 unspecified atom stereocenters. The number of hydrogen-bond donors (Lipinski definition) is 3. The van der Waals surface area contributed by atoms with Gasteiger partial charge in [-0.1, -0.05) is 29.8 Å². The Labute approximate surface area is 266 Å². The first-order valence-corrected chi connectivity index (χ1v) is 14.5. The molecule has 3 amide bonds. The molecule has 1 aliphatic rings. The van der Waals surface area contributed by atoms with Gasteiger partial charge in [0.25, 0.3) is 0 Å². The Morgan fingerprint density at radius 1 is 0.977 bits per heavy atom. The largest absolute Gasteiger partial charge is 0.495 e. The van der Waals surface area contributed by atoms with E-state index in [1.165, 1.54) is 31.5 Å². The number of anilines is 6. The fourth-order valence-electron chi connectivity index (χ4n) is 4.28. The molecule has 2 aromatic carbocycles. The van der Waals surface area contributed by atoms with Gasteiger partial charge in [-0.2, -0.15) is 0 Å². The minimum atomic E-state index is -0.486. The minimum Gasteiger partial charge on any atom is -0.495 e. The molecule has 0 saturated heterocycles. The van der Waals surface area contributed by atoms with Crippen LogP contribution in [-0.4, -0.2) is 81.3 Å². The van der Waals surface area contributed by atoms with Crippen molar-refractivity contribution in [2.75, 3.05) is 74.2 Å². The van der Waals surface area contributed by atoms with Crippen molar-refractivity contribution in [1.29, 1.82) is 0 Å². The van der Waals surface area contributed by atoms with E-state index in [-0.39, 0.29) is 27.7 Å². The second-order valence-electron chi connectivity index (χ2n) is 10.3. The van der Waals surface area contributed by atoms with Crippen LogP contribution >= 0.6 is 23.2 Å². The van der Waals surface area contributed by atoms with Crippen molar-refractivity contribution in [3.8, 4) is 11.5 Å². The van der Waals surface area contributed by atoms with Crippen LogP contribution in [0, 0.1) is 0 Å². The predicted octanol–water partition coefficient (Wildman–Crippen LogP) is 5.87. The third-order valence-corrected chi connectivity index (χ3v) is 7.62. The summed E-state index contributed by atoms with van der Waals surface area (Å²) in [5.74, 6) is 1.01. The van der Waals surface area contributed by atoms with Crippen LogP contribution in [0.5, 0.6) is 11.5 Å². The van der Waals surface area contributed by atoms with Gasteiger partial charge in [0.1, 0.15) is 39.5 Å². The molecule has 4 rings (SSSR count). The van der Waals surface area contributed by atoms with E-state index >= 15 is 0 Å². The Hall–Kier alpha value is -4.26. The average Bonchev–Trinajstić information content (AvgIpc) is 3.84. The summed E-state index contributed by atoms with van der Waals surface area (Å²) in [7, 11) is 8.93. The van der Waals surface area contributed by atoms with Crippen LogP contribution in [-0.2, 0) is 4.79 Å². The molecule has 0 atom stereocenters. The van der Waals surface area contributed by atoms with E-state index < -0.39 is 6.03 Å². The van der Waals surface area contributed by atoms with E-state index in [0.29, 0.717) is 34.5 Å². The number of amides is 3. The molecule has 1 aromatic heterocycles. The molecule has 0 radical (unpaired) electrons. The van der Waals surface area contributed by atoms with Crippen LogP contribution < -0.4 is 35.2 Å². The van der Waals surface area contributed by atoms with E-state index in [1.807, 2.05) is 39.3 Å². The molecule has 14 heteroatoms. The number of nitrogens with zero attached hydrogens (tertiary/aromatic N) is 5. The molecule has 1 aliphatic carbocycles. The summed E-state index contributed by atoms with van der Waals surface area (Å²) >= 11 is 13.0. The maximum atomic E-state index is 13.6. The van der Waals surface area contributed by atoms with E-state index in [4.69, 9.17) is 32.7 Å². The van der Waals surface area contributed by atoms with Crippen LogP contribution in [0.3, 0.4) is 0 Å². The van der Waals surface area contributed by atoms with Gasteiger partial charge in [-0.25, -0.2) is 14.8 Å². The summed E-state index contributed by atoms with van der Waals surface area (Å²) in [6.45, 7) is 5.22. The number of hydrogen-bond acceptors (Lipinski definition) is 9. The number of benzene rings is 2. The number of urea groups is 1. The summed E-state index contributed by atoms with van der Waals surface area (Å²) < 4.78 is 10.6. The number of carbonyl (C=O) groups excluding carboxylic acids is 2. The first-order valence-electron chi connectivity index (χ1n) is 13.8. The third-order valence-electron chi connectivity index (χ3n) is 6.87. The van der Waals surface area contributed by atoms with Gasteiger partial charge in [-0.05, 0) is 51.2 Å². The Balaban J connectivity index is 1.61. The maximum absolute atomic E-state index is 13.6. The molecule has 1 heterocycles. The second-order valence-corrected chi connectivity index (χ2v) is 11.1. The average molecular weight is 644 g/mol. The van der Waals surface area contributed by atoms with Gasteiger partial charge < -0.3 is 35.2 Å². The zero-order valence-corrected chi connectivity index (χ0v) is 26.8. The van der Waals surface area contributed by atoms with E-state index in [2.05, 4.69) is 42.3 Å². The van der Waals surface area contributed by atoms with Gasteiger partial charge in [-0.15, -0.1) is 0 Å². The molecular weight excluding hydrogens is 607 g/mol. The van der Waals surface area contributed by atoms with Crippen LogP contribution in [0.2, 0.25) is 10.0 Å². The zero-order valence-electron chi connectivity index (χ0n) is 25.3. The fourth-order valence-corrected chi connectivity index (χ4v) is 4.88. The van der Waals surface area contributed by atoms with Crippen molar-refractivity contribution in [2.45, 2.75) is 18.9 Å². The van der Waals surface area contributed by atoms with Gasteiger partial charge in [-0.3, -0.25) is 9.69 Å². The molecule has 1 saturated carbocycles. The Morgan fingerprint density at radius 2 is 1.66 bits per heavy atom. The maximum Gasteiger partial charge on any atom is 0.327 e. The predicted molar refractivity (Wildman–Crippen MR) is 176 cm³/mol. The number of rotatable bonds is 13. The lowest BCUT2D eigenvalue weighted by Gasteiger charge is -2.24. The van der Waals surface area contributed by atoms with Gasteiger partial charge in [0.2, 0.25) is 5.91 Å². The van der Waals surface area contributed by atoms with Crippen LogP contribution in [0.15, 0.2) is 49.3 Å². The normalized spacial score (nSPS) is 12.4. The molecule has 12 nitrogen and oxygen atoms in total. The molecule has 0 spiro atoms. The topological polar surface area (TPSA) is 124 Å². The summed E-state index contributed by atoms with van der Waals surface area (Å²) in [4.78, 5) is 40.4. The first kappa shape index (κ1) is 32.6. The molecule has 0 bridgehead atoms. The lowest BCUT2D eigenvalue weighted by Crippen LogP contribution is -2.37. The standard InChI is InChI=1S/C30H36Cl2N8O4/c1-7-26(41)36-21-14-19(39(4)13-12-38(2)3)10-11-20(21)35-24-16-25(34-17-33-24)40(18-8-9-18)30(42)37-29-27(31)22(43-5)15-23(44-6)28(29)32/h7,10-11,14-18H,1,8-9,12-13H2,2-6H3,(H,36,41)(H,37,42)(H,33,34,35). The van der Waals surface area contributed by atoms with Crippen molar-refractivity contribution in [3.63, 3.8) is 0 Å². The molecule has 3 N–H and O–H groups in total. The summed E-state index contributed by atoms with van der Waals surface area (Å²) in [6.07, 6.45) is 4.16. The number of carbonyl (C=O) groups is 2. The fraction of sp³-hybridized carbons (Fsp3) is 0.333. The van der Waals surface area contributed by atoms with E-state index in [1.54, 1.807) is 12.1 Å². The highest BCUT2D eigenvalue weighted by molar-refractivity contribution is 6.41. The number of methoxy groups -OCH3 is 2. The number of halogens is 2. The lowest BCUT2D eigenvalue weighted by molar-refractivity contribution is -0.111. The van der Waals surface area contributed by atoms with Crippen LogP contribution in [0.25, 0.3) is 0 Å². The first-order chi connectivity index (χ1) is 21.1. The minimum absolute atomic E-state index is 0.0813. The van der Waals surface area contributed by atoms with Gasteiger partial charge >= 0.3 is 6.03 Å². The Morgan fingerprint density at radius 3 is 2.25 bits per heavy atom. The number of likely N-dealkylation sites (N-methyl/N-ethyl adjacent to an activating group) is 2. The smallest absolute Gasteiger partial charge is 0.327 e. The molecule has 234 valence electrons. The highest BCUT2D eigenvalue weighted by Gasteiger charge is 2.36. The lowest BCUT2D eigenvalue weighted by atomic mass is 10.2. The van der Waals surface area contributed by atoms with Gasteiger partial charge in [0, 0.05) is 44.0 Å². The Kier molecular flexibility index (Phi) is 10.7. The SMILES string of the molecule is C=CC(=O)Nc1cc(N(C)CCN(C)C)ccc1Nc1cc(N(C(=O)Nc2c(Cl)c(OC)cc(OC)c2Cl)C2CC2)ncn1. The quantitative estimate of drug-likeness (QED) is 0.196. The monoisotopic (exact) mass is 642 g/mol. The van der Waals surface area contributed by atoms with E-state index in [0.717, 1.165) is 31.6 Å². The van der Waals surface area contributed by atoms with E-state index in [9.17, 15) is 9.59 Å². The number of aromatic nitrogens is 2. The zero-order chi connectivity index (χ0) is 32.0. The molecule has 1 fully saturated rings. The highest BCUT2D eigenvalue weighted by atomic mass is 35.5.